The van der Waals surface area contributed by atoms with Crippen LogP contribution < -0.4 is 10.1 Å². The van der Waals surface area contributed by atoms with Crippen LogP contribution in [0.25, 0.3) is 0 Å². The number of carbonyl (C=O) groups excluding carboxylic acids is 1. The summed E-state index contributed by atoms with van der Waals surface area (Å²) in [6.45, 7) is 1.71. The molecule has 22 heavy (non-hydrogen) atoms. The molecule has 0 aliphatic heterocycles. The molecule has 0 saturated heterocycles. The molecule has 2 aromatic rings. The molecule has 1 amide bonds. The normalized spacial score (nSPS) is 10.4. The monoisotopic (exact) mass is 449 g/mol. The zero-order valence-corrected chi connectivity index (χ0v) is 15.4. The Kier molecular flexibility index (Phi) is 5.83. The number of benzene rings is 2. The summed E-state index contributed by atoms with van der Waals surface area (Å²) in [7, 11) is 0. The second kappa shape index (κ2) is 7.44. The smallest absolute Gasteiger partial charge is 0.262 e. The summed E-state index contributed by atoms with van der Waals surface area (Å²) in [5.41, 5.74) is 1.30. The third-order valence-electron chi connectivity index (χ3n) is 2.75. The van der Waals surface area contributed by atoms with Gasteiger partial charge in [-0.2, -0.15) is 0 Å². The lowest BCUT2D eigenvalue weighted by atomic mass is 10.2. The maximum atomic E-state index is 13.0. The van der Waals surface area contributed by atoms with E-state index in [9.17, 15) is 9.18 Å². The largest absolute Gasteiger partial charge is 0.482 e. The molecule has 0 aliphatic carbocycles. The Balaban J connectivity index is 2.00. The van der Waals surface area contributed by atoms with E-state index in [0.717, 1.165) is 14.5 Å². The van der Waals surface area contributed by atoms with E-state index in [-0.39, 0.29) is 17.5 Å². The van der Waals surface area contributed by atoms with Crippen molar-refractivity contribution < 1.29 is 13.9 Å². The number of hydrogen-bond donors (Lipinski definition) is 1. The fourth-order valence-corrected chi connectivity index (χ4v) is 3.51. The summed E-state index contributed by atoms with van der Waals surface area (Å²) in [5.74, 6) is -0.308. The first-order valence-electron chi connectivity index (χ1n) is 6.20. The molecule has 0 spiro atoms. The molecule has 2 rings (SSSR count). The van der Waals surface area contributed by atoms with Crippen molar-refractivity contribution in [2.45, 2.75) is 6.92 Å². The van der Waals surface area contributed by atoms with Gasteiger partial charge in [0.05, 0.1) is 9.50 Å². The van der Waals surface area contributed by atoms with Crippen LogP contribution in [0.2, 0.25) is 5.02 Å². The average Bonchev–Trinajstić information content (AvgIpc) is 2.41. The lowest BCUT2D eigenvalue weighted by Gasteiger charge is -2.12. The topological polar surface area (TPSA) is 38.3 Å². The number of hydrogen-bond acceptors (Lipinski definition) is 2. The minimum Gasteiger partial charge on any atom is -0.482 e. The third kappa shape index (κ3) is 4.44. The quantitative estimate of drug-likeness (QED) is 0.682. The number of aryl methyl sites for hydroxylation is 1. The highest BCUT2D eigenvalue weighted by atomic mass is 79.9. The number of amides is 1. The fourth-order valence-electron chi connectivity index (χ4n) is 1.78. The summed E-state index contributed by atoms with van der Waals surface area (Å²) < 4.78 is 20.2. The van der Waals surface area contributed by atoms with Gasteiger partial charge >= 0.3 is 0 Å². The molecule has 7 heteroatoms. The second-order valence-electron chi connectivity index (χ2n) is 4.50. The van der Waals surface area contributed by atoms with Gasteiger partial charge in [0.1, 0.15) is 11.6 Å². The molecule has 0 aliphatic rings. The van der Waals surface area contributed by atoms with Gasteiger partial charge in [0.25, 0.3) is 5.91 Å². The Bertz CT molecular complexity index is 702. The molecule has 0 radical (unpaired) electrons. The first-order valence-corrected chi connectivity index (χ1v) is 8.16. The predicted molar refractivity (Wildman–Crippen MR) is 92.1 cm³/mol. The number of carbonyl (C=O) groups is 1. The van der Waals surface area contributed by atoms with Gasteiger partial charge in [-0.15, -0.1) is 0 Å². The summed E-state index contributed by atoms with van der Waals surface area (Å²) in [4.78, 5) is 11.9. The van der Waals surface area contributed by atoms with E-state index >= 15 is 0 Å². The molecule has 0 fully saturated rings. The van der Waals surface area contributed by atoms with Gasteiger partial charge in [-0.1, -0.05) is 27.5 Å². The number of nitrogens with one attached hydrogen (secondary N) is 1. The Morgan fingerprint density at radius 2 is 2.05 bits per heavy atom. The minimum atomic E-state index is -0.537. The van der Waals surface area contributed by atoms with Crippen LogP contribution in [0.5, 0.6) is 5.75 Å². The predicted octanol–water partition coefficient (Wildman–Crippen LogP) is 5.33. The van der Waals surface area contributed by atoms with Gasteiger partial charge in [-0.3, -0.25) is 4.79 Å². The molecule has 0 unspecified atom stereocenters. The van der Waals surface area contributed by atoms with Crippen LogP contribution in [0.15, 0.2) is 39.3 Å². The zero-order valence-electron chi connectivity index (χ0n) is 11.4. The summed E-state index contributed by atoms with van der Waals surface area (Å²) >= 11 is 12.4. The Morgan fingerprint density at radius 1 is 1.32 bits per heavy atom. The van der Waals surface area contributed by atoms with Gasteiger partial charge in [-0.25, -0.2) is 4.39 Å². The minimum absolute atomic E-state index is 0.0507. The van der Waals surface area contributed by atoms with E-state index in [4.69, 9.17) is 16.3 Å². The van der Waals surface area contributed by atoms with Crippen molar-refractivity contribution in [3.8, 4) is 5.75 Å². The van der Waals surface area contributed by atoms with Gasteiger partial charge in [-0.05, 0) is 58.7 Å². The molecule has 0 atom stereocenters. The van der Waals surface area contributed by atoms with Gasteiger partial charge in [0.2, 0.25) is 0 Å². The number of ether oxygens (including phenoxy) is 1. The van der Waals surface area contributed by atoms with Crippen LogP contribution in [0.1, 0.15) is 5.56 Å². The molecular formula is C15H11Br2ClFNO2. The van der Waals surface area contributed by atoms with Crippen molar-refractivity contribution >= 4 is 55.1 Å². The van der Waals surface area contributed by atoms with Crippen LogP contribution in [0.3, 0.4) is 0 Å². The van der Waals surface area contributed by atoms with Gasteiger partial charge in [0, 0.05) is 10.2 Å². The Hall–Kier alpha value is -1.11. The second-order valence-corrected chi connectivity index (χ2v) is 6.68. The Morgan fingerprint density at radius 3 is 2.68 bits per heavy atom. The van der Waals surface area contributed by atoms with Crippen molar-refractivity contribution in [1.29, 1.82) is 0 Å². The van der Waals surface area contributed by atoms with Crippen LogP contribution in [0.4, 0.5) is 10.1 Å². The van der Waals surface area contributed by atoms with Gasteiger partial charge < -0.3 is 10.1 Å². The maximum absolute atomic E-state index is 13.0. The highest BCUT2D eigenvalue weighted by molar-refractivity contribution is 9.11. The van der Waals surface area contributed by atoms with Crippen LogP contribution >= 0.6 is 43.5 Å². The van der Waals surface area contributed by atoms with Crippen molar-refractivity contribution in [3.63, 3.8) is 0 Å². The Labute approximate surface area is 149 Å². The molecule has 3 nitrogen and oxygen atoms in total. The van der Waals surface area contributed by atoms with E-state index < -0.39 is 5.82 Å². The molecule has 1 N–H and O–H groups in total. The van der Waals surface area contributed by atoms with E-state index in [0.29, 0.717) is 11.4 Å². The van der Waals surface area contributed by atoms with E-state index in [1.807, 2.05) is 19.1 Å². The third-order valence-corrected chi connectivity index (χ3v) is 4.08. The first kappa shape index (κ1) is 17.2. The van der Waals surface area contributed by atoms with E-state index in [1.54, 1.807) is 0 Å². The van der Waals surface area contributed by atoms with Crippen LogP contribution in [-0.4, -0.2) is 12.5 Å². The van der Waals surface area contributed by atoms with Crippen molar-refractivity contribution in [1.82, 2.24) is 0 Å². The summed E-state index contributed by atoms with van der Waals surface area (Å²) in [6.07, 6.45) is 0. The SMILES string of the molecule is Cc1cc(Br)cc(Br)c1OCC(=O)Nc1ccc(F)c(Cl)c1. The van der Waals surface area contributed by atoms with Crippen molar-refractivity contribution in [2.24, 2.45) is 0 Å². The van der Waals surface area contributed by atoms with E-state index in [1.165, 1.54) is 18.2 Å². The molecule has 0 saturated carbocycles. The first-order chi connectivity index (χ1) is 10.4. The fraction of sp³-hybridized carbons (Fsp3) is 0.133. The van der Waals surface area contributed by atoms with Crippen molar-refractivity contribution in [3.05, 3.63) is 55.7 Å². The zero-order chi connectivity index (χ0) is 16.3. The standard InChI is InChI=1S/C15H11Br2ClFNO2/c1-8-4-9(16)5-11(17)15(8)22-7-14(21)20-10-2-3-13(19)12(18)6-10/h2-6H,7H2,1H3,(H,20,21). The average molecular weight is 452 g/mol. The lowest BCUT2D eigenvalue weighted by molar-refractivity contribution is -0.118. The number of rotatable bonds is 4. The van der Waals surface area contributed by atoms with E-state index in [2.05, 4.69) is 37.2 Å². The van der Waals surface area contributed by atoms with Crippen LogP contribution in [-0.2, 0) is 4.79 Å². The molecule has 0 aromatic heterocycles. The number of anilines is 1. The highest BCUT2D eigenvalue weighted by Gasteiger charge is 2.10. The maximum Gasteiger partial charge on any atom is 0.262 e. The molecule has 116 valence electrons. The molecular weight excluding hydrogens is 440 g/mol. The highest BCUT2D eigenvalue weighted by Crippen LogP contribution is 2.32. The lowest BCUT2D eigenvalue weighted by Crippen LogP contribution is -2.20. The summed E-state index contributed by atoms with van der Waals surface area (Å²) in [5, 5.41) is 2.54. The molecule has 0 heterocycles. The van der Waals surface area contributed by atoms with Gasteiger partial charge in [0.15, 0.2) is 6.61 Å². The van der Waals surface area contributed by atoms with Crippen LogP contribution in [0, 0.1) is 12.7 Å². The number of halogens is 4. The molecule has 2 aromatic carbocycles. The van der Waals surface area contributed by atoms with Crippen molar-refractivity contribution in [2.75, 3.05) is 11.9 Å². The summed E-state index contributed by atoms with van der Waals surface area (Å²) in [6, 6.07) is 7.68. The molecule has 0 bridgehead atoms.